The Balaban J connectivity index is 1.78. The van der Waals surface area contributed by atoms with Crippen molar-refractivity contribution in [3.8, 4) is 0 Å². The fraction of sp³-hybridized carbons (Fsp3) is 0.917. The Bertz CT molecular complexity index is 266. The number of hydrogen-bond donors (Lipinski definition) is 1. The van der Waals surface area contributed by atoms with Gasteiger partial charge in [0.2, 0.25) is 5.91 Å². The molecule has 3 nitrogen and oxygen atoms in total. The first kappa shape index (κ1) is 10.9. The van der Waals surface area contributed by atoms with E-state index in [0.717, 1.165) is 19.3 Å². The van der Waals surface area contributed by atoms with Gasteiger partial charge in [-0.15, -0.1) is 0 Å². The van der Waals surface area contributed by atoms with Crippen molar-refractivity contribution in [3.05, 3.63) is 0 Å². The Labute approximate surface area is 91.6 Å². The van der Waals surface area contributed by atoms with Gasteiger partial charge in [0.15, 0.2) is 0 Å². The highest BCUT2D eigenvalue weighted by Crippen LogP contribution is 2.66. The zero-order chi connectivity index (χ0) is 11.3. The van der Waals surface area contributed by atoms with E-state index in [0.29, 0.717) is 5.41 Å². The second-order valence-electron chi connectivity index (χ2n) is 5.94. The summed E-state index contributed by atoms with van der Waals surface area (Å²) in [6.07, 6.45) is 3.24. The van der Waals surface area contributed by atoms with Crippen LogP contribution in [0.15, 0.2) is 0 Å². The van der Waals surface area contributed by atoms with Gasteiger partial charge in [-0.25, -0.2) is 0 Å². The molecule has 0 heterocycles. The van der Waals surface area contributed by atoms with Gasteiger partial charge in [0, 0.05) is 5.54 Å². The third kappa shape index (κ3) is 1.89. The smallest absolute Gasteiger partial charge is 0.249 e. The lowest BCUT2D eigenvalue weighted by Crippen LogP contribution is -2.74. The molecule has 3 heteroatoms. The molecular formula is C12H21NO2. The van der Waals surface area contributed by atoms with Gasteiger partial charge >= 0.3 is 0 Å². The molecule has 0 unspecified atom stereocenters. The van der Waals surface area contributed by atoms with Crippen LogP contribution >= 0.6 is 0 Å². The summed E-state index contributed by atoms with van der Waals surface area (Å²) >= 11 is 0. The molecule has 1 atom stereocenters. The normalized spacial score (nSPS) is 39.3. The van der Waals surface area contributed by atoms with Gasteiger partial charge < -0.3 is 10.1 Å². The van der Waals surface area contributed by atoms with Crippen LogP contribution in [0.5, 0.6) is 0 Å². The van der Waals surface area contributed by atoms with E-state index in [1.807, 2.05) is 20.8 Å². The van der Waals surface area contributed by atoms with Crippen molar-refractivity contribution >= 4 is 5.91 Å². The summed E-state index contributed by atoms with van der Waals surface area (Å²) in [5.74, 6) is 0.0467. The van der Waals surface area contributed by atoms with Gasteiger partial charge in [-0.2, -0.15) is 0 Å². The molecule has 0 radical (unpaired) electrons. The summed E-state index contributed by atoms with van der Waals surface area (Å²) in [6, 6.07) is 0. The van der Waals surface area contributed by atoms with Gasteiger partial charge in [-0.05, 0) is 45.4 Å². The van der Waals surface area contributed by atoms with E-state index in [9.17, 15) is 4.79 Å². The Hall–Kier alpha value is -0.570. The van der Waals surface area contributed by atoms with Crippen molar-refractivity contribution in [2.45, 2.75) is 64.7 Å². The Morgan fingerprint density at radius 3 is 2.20 bits per heavy atom. The van der Waals surface area contributed by atoms with E-state index < -0.39 is 0 Å². The predicted octanol–water partition coefficient (Wildman–Crippen LogP) is 1.86. The highest BCUT2D eigenvalue weighted by Gasteiger charge is 2.65. The maximum Gasteiger partial charge on any atom is 0.249 e. The molecule has 15 heavy (non-hydrogen) atoms. The molecule has 0 saturated heterocycles. The molecule has 1 amide bonds. The van der Waals surface area contributed by atoms with Gasteiger partial charge in [-0.1, -0.05) is 6.92 Å². The van der Waals surface area contributed by atoms with Gasteiger partial charge in [-0.3, -0.25) is 4.79 Å². The Morgan fingerprint density at radius 2 is 1.80 bits per heavy atom. The molecule has 0 aromatic heterocycles. The van der Waals surface area contributed by atoms with Crippen molar-refractivity contribution in [2.75, 3.05) is 0 Å². The fourth-order valence-corrected chi connectivity index (χ4v) is 3.26. The number of nitrogens with one attached hydrogen (secondary N) is 1. The molecular weight excluding hydrogens is 190 g/mol. The van der Waals surface area contributed by atoms with Gasteiger partial charge in [0.05, 0.1) is 6.10 Å². The third-order valence-corrected chi connectivity index (χ3v) is 3.53. The molecule has 86 valence electrons. The first-order chi connectivity index (χ1) is 6.84. The fourth-order valence-electron chi connectivity index (χ4n) is 3.26. The van der Waals surface area contributed by atoms with Crippen LogP contribution in [0.25, 0.3) is 0 Å². The van der Waals surface area contributed by atoms with E-state index >= 15 is 0 Å². The topological polar surface area (TPSA) is 38.3 Å². The molecule has 0 aromatic rings. The molecule has 1 N–H and O–H groups in total. The number of hydrogen-bond acceptors (Lipinski definition) is 2. The first-order valence-electron chi connectivity index (χ1n) is 5.82. The minimum atomic E-state index is -0.327. The molecule has 3 aliphatic rings. The maximum atomic E-state index is 11.8. The van der Waals surface area contributed by atoms with Crippen molar-refractivity contribution in [2.24, 2.45) is 5.41 Å². The van der Waals surface area contributed by atoms with E-state index in [1.54, 1.807) is 0 Å². The highest BCUT2D eigenvalue weighted by molar-refractivity contribution is 5.81. The average Bonchev–Trinajstić information content (AvgIpc) is 1.97. The van der Waals surface area contributed by atoms with Crippen LogP contribution in [0, 0.1) is 5.41 Å². The lowest BCUT2D eigenvalue weighted by atomic mass is 9.40. The first-order valence-corrected chi connectivity index (χ1v) is 5.82. The molecule has 3 rings (SSSR count). The van der Waals surface area contributed by atoms with Crippen LogP contribution < -0.4 is 5.32 Å². The second kappa shape index (κ2) is 3.21. The quantitative estimate of drug-likeness (QED) is 0.770. The molecule has 0 spiro atoms. The number of carbonyl (C=O) groups is 1. The predicted molar refractivity (Wildman–Crippen MR) is 58.5 cm³/mol. The summed E-state index contributed by atoms with van der Waals surface area (Å²) in [5, 5.41) is 3.13. The number of ether oxygens (including phenoxy) is 1. The lowest BCUT2D eigenvalue weighted by molar-refractivity contribution is -0.164. The molecule has 3 aliphatic carbocycles. The Kier molecular flexibility index (Phi) is 2.34. The Morgan fingerprint density at radius 1 is 1.27 bits per heavy atom. The number of carbonyl (C=O) groups excluding carboxylic acids is 1. The standard InChI is InChI=1S/C12H21NO2/c1-8(2)15-9(3)10(14)13-12-5-11(4,6-12)7-12/h8-9H,5-7H2,1-4H3,(H,13,14)/t9-,11?,12?/m0/s1. The van der Waals surface area contributed by atoms with Crippen LogP contribution in [0.2, 0.25) is 0 Å². The largest absolute Gasteiger partial charge is 0.366 e. The second-order valence-corrected chi connectivity index (χ2v) is 5.94. The number of rotatable bonds is 4. The van der Waals surface area contributed by atoms with E-state index in [1.165, 1.54) is 0 Å². The van der Waals surface area contributed by atoms with Crippen LogP contribution in [0.4, 0.5) is 0 Å². The molecule has 3 saturated carbocycles. The van der Waals surface area contributed by atoms with Crippen LogP contribution in [0.1, 0.15) is 47.0 Å². The highest BCUT2D eigenvalue weighted by atomic mass is 16.5. The zero-order valence-corrected chi connectivity index (χ0v) is 10.1. The summed E-state index contributed by atoms with van der Waals surface area (Å²) in [6.45, 7) is 8.01. The van der Waals surface area contributed by atoms with Gasteiger partial charge in [0.25, 0.3) is 0 Å². The van der Waals surface area contributed by atoms with E-state index in [4.69, 9.17) is 4.74 Å². The van der Waals surface area contributed by atoms with Crippen molar-refractivity contribution in [3.63, 3.8) is 0 Å². The van der Waals surface area contributed by atoms with Crippen molar-refractivity contribution in [1.82, 2.24) is 5.32 Å². The molecule has 0 aromatic carbocycles. The SMILES string of the molecule is CC(C)O[C@@H](C)C(=O)NC12CC(C)(C1)C2. The maximum absolute atomic E-state index is 11.8. The minimum absolute atomic E-state index is 0.0467. The van der Waals surface area contributed by atoms with Crippen LogP contribution in [0.3, 0.4) is 0 Å². The number of amides is 1. The molecule has 0 aliphatic heterocycles. The molecule has 2 bridgehead atoms. The lowest BCUT2D eigenvalue weighted by Gasteiger charge is -2.69. The van der Waals surface area contributed by atoms with Crippen molar-refractivity contribution < 1.29 is 9.53 Å². The van der Waals surface area contributed by atoms with Crippen LogP contribution in [-0.2, 0) is 9.53 Å². The summed E-state index contributed by atoms with van der Waals surface area (Å²) in [4.78, 5) is 11.8. The average molecular weight is 211 g/mol. The summed E-state index contributed by atoms with van der Waals surface area (Å²) in [7, 11) is 0. The third-order valence-electron chi connectivity index (χ3n) is 3.53. The summed E-state index contributed by atoms with van der Waals surface area (Å²) < 4.78 is 5.46. The monoisotopic (exact) mass is 211 g/mol. The molecule has 3 fully saturated rings. The van der Waals surface area contributed by atoms with E-state index in [-0.39, 0.29) is 23.7 Å². The van der Waals surface area contributed by atoms with Gasteiger partial charge in [0.1, 0.15) is 6.10 Å². The summed E-state index contributed by atoms with van der Waals surface area (Å²) in [5.41, 5.74) is 0.676. The minimum Gasteiger partial charge on any atom is -0.366 e. The van der Waals surface area contributed by atoms with Crippen molar-refractivity contribution in [1.29, 1.82) is 0 Å². The zero-order valence-electron chi connectivity index (χ0n) is 10.1. The van der Waals surface area contributed by atoms with E-state index in [2.05, 4.69) is 12.2 Å². The van der Waals surface area contributed by atoms with Crippen LogP contribution in [-0.4, -0.2) is 23.7 Å².